The molecule has 0 spiro atoms. The van der Waals surface area contributed by atoms with Crippen LogP contribution in [0.25, 0.3) is 10.8 Å². The van der Waals surface area contributed by atoms with Crippen LogP contribution < -0.4 is 5.32 Å². The van der Waals surface area contributed by atoms with Crippen LogP contribution in [-0.2, 0) is 27.2 Å². The predicted octanol–water partition coefficient (Wildman–Crippen LogP) is 4.54. The molecule has 0 aliphatic rings. The lowest BCUT2D eigenvalue weighted by molar-refractivity contribution is -0.137. The molecule has 3 aromatic rings. The van der Waals surface area contributed by atoms with Crippen LogP contribution in [0.5, 0.6) is 0 Å². The number of carbonyl (C=O) groups is 2. The second-order valence-electron chi connectivity index (χ2n) is 7.11. The molecule has 0 radical (unpaired) electrons. The van der Waals surface area contributed by atoms with E-state index in [0.717, 1.165) is 23.1 Å². The van der Waals surface area contributed by atoms with Gasteiger partial charge in [0.05, 0.1) is 10.5 Å². The number of carbonyl (C=O) groups excluding carboxylic acids is 2. The molecule has 3 aromatic carbocycles. The Morgan fingerprint density at radius 2 is 1.69 bits per heavy atom. The highest BCUT2D eigenvalue weighted by Crippen LogP contribution is 2.29. The quantitative estimate of drug-likeness (QED) is 0.582. The summed E-state index contributed by atoms with van der Waals surface area (Å²) in [6.07, 6.45) is -4.37. The van der Waals surface area contributed by atoms with Crippen LogP contribution in [0.2, 0.25) is 0 Å². The van der Waals surface area contributed by atoms with Gasteiger partial charge in [-0.05, 0) is 53.1 Å². The molecule has 1 amide bonds. The van der Waals surface area contributed by atoms with Gasteiger partial charge in [0.1, 0.15) is 0 Å². The van der Waals surface area contributed by atoms with E-state index in [1.165, 1.54) is 31.2 Å². The molecule has 0 atom stereocenters. The Bertz CT molecular complexity index is 1280. The third-order valence-corrected chi connectivity index (χ3v) is 6.74. The molecule has 0 saturated heterocycles. The summed E-state index contributed by atoms with van der Waals surface area (Å²) in [6.45, 7) is 1.60. The molecule has 0 fully saturated rings. The topological polar surface area (TPSA) is 80.3 Å². The van der Waals surface area contributed by atoms with Crippen molar-refractivity contribution >= 4 is 31.6 Å². The van der Waals surface area contributed by atoms with Gasteiger partial charge < -0.3 is 5.32 Å². The van der Waals surface area contributed by atoms with E-state index in [9.17, 15) is 31.2 Å². The van der Waals surface area contributed by atoms with Gasteiger partial charge in [-0.3, -0.25) is 9.59 Å². The Balaban J connectivity index is 1.79. The number of benzene rings is 3. The highest BCUT2D eigenvalue weighted by molar-refractivity contribution is 8.06. The van der Waals surface area contributed by atoms with Crippen molar-refractivity contribution in [2.45, 2.75) is 30.8 Å². The molecule has 32 heavy (non-hydrogen) atoms. The number of amides is 1. The molecule has 9 heteroatoms. The van der Waals surface area contributed by atoms with Crippen molar-refractivity contribution < 1.29 is 31.2 Å². The lowest BCUT2D eigenvalue weighted by atomic mass is 10.0. The summed E-state index contributed by atoms with van der Waals surface area (Å²) in [5.74, 6) is -0.645. The predicted molar refractivity (Wildman–Crippen MR) is 114 cm³/mol. The van der Waals surface area contributed by atoms with Crippen LogP contribution >= 0.6 is 0 Å². The molecule has 0 aliphatic heterocycles. The van der Waals surface area contributed by atoms with E-state index in [1.54, 1.807) is 24.3 Å². The van der Waals surface area contributed by atoms with Crippen LogP contribution in [0.3, 0.4) is 0 Å². The van der Waals surface area contributed by atoms with Gasteiger partial charge >= 0.3 is 6.18 Å². The summed E-state index contributed by atoms with van der Waals surface area (Å²) < 4.78 is 63.3. The molecular formula is C23H20F3NO4S. The standard InChI is InChI=1S/C23H20F3NO4S/c1-2-21(28)32(30,31)19-10-9-15-5-3-6-16(20(15)14-19)11-12-27-22(29)17-7-4-8-18(13-17)23(24,25)26/h3-10,13-14H,2,11-12H2,1H3,(H,27,29). The second kappa shape index (κ2) is 9.12. The molecule has 0 heterocycles. The lowest BCUT2D eigenvalue weighted by Crippen LogP contribution is -2.26. The molecule has 3 rings (SSSR count). The maximum atomic E-state index is 12.8. The van der Waals surface area contributed by atoms with Crippen molar-refractivity contribution in [2.75, 3.05) is 6.54 Å². The average Bonchev–Trinajstić information content (AvgIpc) is 2.77. The first-order valence-electron chi connectivity index (χ1n) is 9.79. The van der Waals surface area contributed by atoms with Crippen LogP contribution in [0, 0.1) is 0 Å². The van der Waals surface area contributed by atoms with Crippen LogP contribution in [-0.4, -0.2) is 26.0 Å². The minimum atomic E-state index is -4.55. The third-order valence-electron chi connectivity index (χ3n) is 4.97. The average molecular weight is 463 g/mol. The molecule has 0 aromatic heterocycles. The molecule has 168 valence electrons. The van der Waals surface area contributed by atoms with Crippen LogP contribution in [0.15, 0.2) is 65.6 Å². The Labute approximate surface area is 183 Å². The molecule has 0 bridgehead atoms. The van der Waals surface area contributed by atoms with E-state index < -0.39 is 32.6 Å². The maximum Gasteiger partial charge on any atom is 0.416 e. The van der Waals surface area contributed by atoms with Crippen molar-refractivity contribution in [1.82, 2.24) is 5.32 Å². The molecule has 0 unspecified atom stereocenters. The first-order chi connectivity index (χ1) is 15.0. The molecule has 5 nitrogen and oxygen atoms in total. The summed E-state index contributed by atoms with van der Waals surface area (Å²) in [6, 6.07) is 13.9. The smallest absolute Gasteiger partial charge is 0.352 e. The van der Waals surface area contributed by atoms with Gasteiger partial charge in [-0.25, -0.2) is 8.42 Å². The van der Waals surface area contributed by atoms with Gasteiger partial charge in [-0.1, -0.05) is 37.3 Å². The summed E-state index contributed by atoms with van der Waals surface area (Å²) in [4.78, 5) is 24.0. The fourth-order valence-electron chi connectivity index (χ4n) is 3.27. The highest BCUT2D eigenvalue weighted by Gasteiger charge is 2.30. The minimum Gasteiger partial charge on any atom is -0.352 e. The number of fused-ring (bicyclic) bond motifs is 1. The number of hydrogen-bond acceptors (Lipinski definition) is 4. The number of hydrogen-bond donors (Lipinski definition) is 1. The molecule has 0 aliphatic carbocycles. The fraction of sp³-hybridized carbons (Fsp3) is 0.217. The van der Waals surface area contributed by atoms with Gasteiger partial charge in [-0.2, -0.15) is 13.2 Å². The van der Waals surface area contributed by atoms with Gasteiger partial charge in [0.2, 0.25) is 9.84 Å². The van der Waals surface area contributed by atoms with Gasteiger partial charge in [-0.15, -0.1) is 0 Å². The van der Waals surface area contributed by atoms with Crippen molar-refractivity contribution in [1.29, 1.82) is 0 Å². The lowest BCUT2D eigenvalue weighted by Gasteiger charge is -2.11. The highest BCUT2D eigenvalue weighted by atomic mass is 32.2. The van der Waals surface area contributed by atoms with Crippen molar-refractivity contribution in [3.8, 4) is 0 Å². The Hall–Kier alpha value is -3.20. The fourth-order valence-corrected chi connectivity index (χ4v) is 4.44. The van der Waals surface area contributed by atoms with E-state index in [4.69, 9.17) is 0 Å². The number of sulfone groups is 1. The van der Waals surface area contributed by atoms with Gasteiger partial charge in [0.15, 0.2) is 0 Å². The Morgan fingerprint density at radius 3 is 2.38 bits per heavy atom. The van der Waals surface area contributed by atoms with E-state index in [0.29, 0.717) is 11.8 Å². The number of nitrogens with one attached hydrogen (secondary N) is 1. The number of halogens is 3. The zero-order valence-corrected chi connectivity index (χ0v) is 17.9. The summed E-state index contributed by atoms with van der Waals surface area (Å²) in [5, 5.41) is 3.09. The van der Waals surface area contributed by atoms with Gasteiger partial charge in [0.25, 0.3) is 11.0 Å². The monoisotopic (exact) mass is 463 g/mol. The summed E-state index contributed by atoms with van der Waals surface area (Å²) >= 11 is 0. The van der Waals surface area contributed by atoms with Crippen LogP contribution in [0.4, 0.5) is 13.2 Å². The minimum absolute atomic E-state index is 0.0997. The SMILES string of the molecule is CCC(=O)S(=O)(=O)c1ccc2cccc(CCNC(=O)c3cccc(C(F)(F)F)c3)c2c1. The second-order valence-corrected chi connectivity index (χ2v) is 9.05. The Morgan fingerprint density at radius 1 is 0.969 bits per heavy atom. The van der Waals surface area contributed by atoms with E-state index in [2.05, 4.69) is 5.32 Å². The third kappa shape index (κ3) is 4.99. The molecule has 0 saturated carbocycles. The van der Waals surface area contributed by atoms with E-state index in [1.807, 2.05) is 0 Å². The zero-order chi connectivity index (χ0) is 23.5. The number of alkyl halides is 3. The first kappa shape index (κ1) is 23.5. The molecule has 1 N–H and O–H groups in total. The van der Waals surface area contributed by atoms with Crippen molar-refractivity contribution in [3.63, 3.8) is 0 Å². The molecular weight excluding hydrogens is 443 g/mol. The van der Waals surface area contributed by atoms with Gasteiger partial charge in [0, 0.05) is 18.5 Å². The maximum absolute atomic E-state index is 12.8. The van der Waals surface area contributed by atoms with Crippen LogP contribution in [0.1, 0.15) is 34.8 Å². The normalized spacial score (nSPS) is 12.0. The largest absolute Gasteiger partial charge is 0.416 e. The zero-order valence-electron chi connectivity index (χ0n) is 17.1. The summed E-state index contributed by atoms with van der Waals surface area (Å²) in [5.41, 5.74) is -0.286. The number of rotatable bonds is 6. The van der Waals surface area contributed by atoms with Crippen molar-refractivity contribution in [3.05, 3.63) is 77.4 Å². The van der Waals surface area contributed by atoms with E-state index in [-0.39, 0.29) is 23.4 Å². The van der Waals surface area contributed by atoms with E-state index >= 15 is 0 Å². The van der Waals surface area contributed by atoms with Crippen molar-refractivity contribution in [2.24, 2.45) is 0 Å². The summed E-state index contributed by atoms with van der Waals surface area (Å²) in [7, 11) is -4.08. The first-order valence-corrected chi connectivity index (χ1v) is 11.3. The Kier molecular flexibility index (Phi) is 6.68.